The summed E-state index contributed by atoms with van der Waals surface area (Å²) >= 11 is 0. The quantitative estimate of drug-likeness (QED) is 0.877. The van der Waals surface area contributed by atoms with Crippen molar-refractivity contribution in [3.05, 3.63) is 29.8 Å². The van der Waals surface area contributed by atoms with Crippen molar-refractivity contribution in [1.29, 1.82) is 0 Å². The average Bonchev–Trinajstić information content (AvgIpc) is 2.79. The fourth-order valence-electron chi connectivity index (χ4n) is 2.86. The van der Waals surface area contributed by atoms with E-state index in [1.165, 1.54) is 4.31 Å². The van der Waals surface area contributed by atoms with Gasteiger partial charge in [0.05, 0.1) is 4.90 Å². The lowest BCUT2D eigenvalue weighted by Crippen LogP contribution is -2.27. The van der Waals surface area contributed by atoms with Crippen LogP contribution in [0.2, 0.25) is 0 Å². The Kier molecular flexibility index (Phi) is 6.83. The van der Waals surface area contributed by atoms with E-state index in [1.807, 2.05) is 12.1 Å². The number of rotatable bonds is 5. The Morgan fingerprint density at radius 1 is 1.36 bits per heavy atom. The van der Waals surface area contributed by atoms with E-state index in [4.69, 9.17) is 5.73 Å². The lowest BCUT2D eigenvalue weighted by atomic mass is 10.1. The van der Waals surface area contributed by atoms with Crippen LogP contribution in [0.15, 0.2) is 29.2 Å². The second-order valence-electron chi connectivity index (χ2n) is 6.05. The highest BCUT2D eigenvalue weighted by Crippen LogP contribution is 2.25. The number of halogens is 1. The molecule has 0 aliphatic carbocycles. The Labute approximate surface area is 139 Å². The molecule has 0 saturated carbocycles. The molecule has 5 nitrogen and oxygen atoms in total. The molecule has 2 unspecified atom stereocenters. The topological polar surface area (TPSA) is 66.6 Å². The van der Waals surface area contributed by atoms with Gasteiger partial charge >= 0.3 is 0 Å². The van der Waals surface area contributed by atoms with E-state index in [2.05, 4.69) is 11.8 Å². The summed E-state index contributed by atoms with van der Waals surface area (Å²) < 4.78 is 25.6. The maximum absolute atomic E-state index is 12.2. The number of sulfonamides is 1. The van der Waals surface area contributed by atoms with Crippen LogP contribution in [-0.2, 0) is 16.6 Å². The minimum atomic E-state index is -3.37. The molecule has 2 atom stereocenters. The van der Waals surface area contributed by atoms with Crippen molar-refractivity contribution in [3.63, 3.8) is 0 Å². The zero-order valence-corrected chi connectivity index (χ0v) is 15.0. The summed E-state index contributed by atoms with van der Waals surface area (Å²) in [6.45, 7) is 4.68. The van der Waals surface area contributed by atoms with Gasteiger partial charge in [-0.3, -0.25) is 4.90 Å². The van der Waals surface area contributed by atoms with Crippen molar-refractivity contribution >= 4 is 22.4 Å². The van der Waals surface area contributed by atoms with Crippen molar-refractivity contribution < 1.29 is 8.42 Å². The molecule has 2 rings (SSSR count). The molecule has 1 heterocycles. The lowest BCUT2D eigenvalue weighted by molar-refractivity contribution is 0.255. The summed E-state index contributed by atoms with van der Waals surface area (Å²) in [4.78, 5) is 2.73. The standard InChI is InChI=1S/C15H25N3O2S.ClH/c1-12-7-14(9-16)11-18(12)10-13-5-4-6-15(8-13)21(19,20)17(2)3;/h4-6,8,12,14H,7,9-11,16H2,1-3H3;1H. The van der Waals surface area contributed by atoms with Crippen LogP contribution in [0.3, 0.4) is 0 Å². The SMILES string of the molecule is CC1CC(CN)CN1Cc1cccc(S(=O)(=O)N(C)C)c1.Cl. The van der Waals surface area contributed by atoms with Gasteiger partial charge in [-0.15, -0.1) is 12.4 Å². The minimum Gasteiger partial charge on any atom is -0.330 e. The van der Waals surface area contributed by atoms with E-state index in [-0.39, 0.29) is 12.4 Å². The van der Waals surface area contributed by atoms with E-state index in [1.54, 1.807) is 26.2 Å². The molecule has 1 aliphatic rings. The Morgan fingerprint density at radius 2 is 2.05 bits per heavy atom. The van der Waals surface area contributed by atoms with Gasteiger partial charge in [0, 0.05) is 33.2 Å². The van der Waals surface area contributed by atoms with Crippen LogP contribution in [0.4, 0.5) is 0 Å². The van der Waals surface area contributed by atoms with Crippen LogP contribution in [0.25, 0.3) is 0 Å². The largest absolute Gasteiger partial charge is 0.330 e. The first-order valence-electron chi connectivity index (χ1n) is 7.30. The zero-order valence-electron chi connectivity index (χ0n) is 13.4. The van der Waals surface area contributed by atoms with Gasteiger partial charge in [-0.25, -0.2) is 12.7 Å². The Balaban J connectivity index is 0.00000242. The lowest BCUT2D eigenvalue weighted by Gasteiger charge is -2.21. The number of hydrogen-bond acceptors (Lipinski definition) is 4. The van der Waals surface area contributed by atoms with Crippen molar-refractivity contribution in [3.8, 4) is 0 Å². The van der Waals surface area contributed by atoms with Crippen LogP contribution < -0.4 is 5.73 Å². The molecule has 7 heteroatoms. The van der Waals surface area contributed by atoms with E-state index in [9.17, 15) is 8.42 Å². The first-order valence-corrected chi connectivity index (χ1v) is 8.74. The monoisotopic (exact) mass is 347 g/mol. The zero-order chi connectivity index (χ0) is 15.6. The van der Waals surface area contributed by atoms with Gasteiger partial charge in [-0.1, -0.05) is 12.1 Å². The number of nitrogens with two attached hydrogens (primary N) is 1. The molecule has 0 radical (unpaired) electrons. The van der Waals surface area contributed by atoms with E-state index in [0.29, 0.717) is 16.9 Å². The maximum Gasteiger partial charge on any atom is 0.242 e. The fraction of sp³-hybridized carbons (Fsp3) is 0.600. The number of benzene rings is 1. The molecule has 1 aromatic rings. The third-order valence-electron chi connectivity index (χ3n) is 4.19. The Morgan fingerprint density at radius 3 is 2.59 bits per heavy atom. The third kappa shape index (κ3) is 4.20. The van der Waals surface area contributed by atoms with E-state index in [0.717, 1.165) is 31.6 Å². The van der Waals surface area contributed by atoms with Gasteiger partial charge in [-0.05, 0) is 43.5 Å². The van der Waals surface area contributed by atoms with Crippen molar-refractivity contribution in [2.45, 2.75) is 30.8 Å². The first-order chi connectivity index (χ1) is 9.84. The normalized spacial score (nSPS) is 22.8. The molecule has 0 spiro atoms. The molecule has 0 bridgehead atoms. The summed E-state index contributed by atoms with van der Waals surface area (Å²) in [6.07, 6.45) is 1.12. The summed E-state index contributed by atoms with van der Waals surface area (Å²) in [5, 5.41) is 0. The molecular weight excluding hydrogens is 322 g/mol. The van der Waals surface area contributed by atoms with E-state index >= 15 is 0 Å². The Hall–Kier alpha value is -0.660. The molecule has 1 fully saturated rings. The summed E-state index contributed by atoms with van der Waals surface area (Å²) in [5.74, 6) is 0.550. The van der Waals surface area contributed by atoms with Gasteiger partial charge < -0.3 is 5.73 Å². The minimum absolute atomic E-state index is 0. The smallest absolute Gasteiger partial charge is 0.242 e. The van der Waals surface area contributed by atoms with Gasteiger partial charge in [0.2, 0.25) is 10.0 Å². The molecule has 0 amide bonds. The highest BCUT2D eigenvalue weighted by molar-refractivity contribution is 7.89. The second-order valence-corrected chi connectivity index (χ2v) is 8.20. The third-order valence-corrected chi connectivity index (χ3v) is 6.00. The molecule has 0 aromatic heterocycles. The van der Waals surface area contributed by atoms with Crippen molar-refractivity contribution in [2.75, 3.05) is 27.2 Å². The highest BCUT2D eigenvalue weighted by atomic mass is 35.5. The van der Waals surface area contributed by atoms with Crippen LogP contribution >= 0.6 is 12.4 Å². The first kappa shape index (κ1) is 19.4. The van der Waals surface area contributed by atoms with Crippen molar-refractivity contribution in [1.82, 2.24) is 9.21 Å². The van der Waals surface area contributed by atoms with Crippen molar-refractivity contribution in [2.24, 2.45) is 11.7 Å². The van der Waals surface area contributed by atoms with Crippen LogP contribution in [-0.4, -0.2) is 50.8 Å². The molecule has 1 aromatic carbocycles. The predicted octanol–water partition coefficient (Wildman–Crippen LogP) is 1.53. The van der Waals surface area contributed by atoms with E-state index < -0.39 is 10.0 Å². The molecule has 1 aliphatic heterocycles. The number of hydrogen-bond donors (Lipinski definition) is 1. The summed E-state index contributed by atoms with van der Waals surface area (Å²) in [6, 6.07) is 7.71. The fourth-order valence-corrected chi connectivity index (χ4v) is 3.83. The Bertz CT molecular complexity index is 592. The van der Waals surface area contributed by atoms with Crippen LogP contribution in [0, 0.1) is 5.92 Å². The molecule has 126 valence electrons. The van der Waals surface area contributed by atoms with Crippen LogP contribution in [0.5, 0.6) is 0 Å². The van der Waals surface area contributed by atoms with Crippen LogP contribution in [0.1, 0.15) is 18.9 Å². The predicted molar refractivity (Wildman–Crippen MR) is 91.6 cm³/mol. The van der Waals surface area contributed by atoms with Gasteiger partial charge in [0.15, 0.2) is 0 Å². The molecular formula is C15H26ClN3O2S. The second kappa shape index (κ2) is 7.75. The highest BCUT2D eigenvalue weighted by Gasteiger charge is 2.28. The van der Waals surface area contributed by atoms with Gasteiger partial charge in [0.25, 0.3) is 0 Å². The summed E-state index contributed by atoms with van der Waals surface area (Å²) in [7, 11) is -0.263. The average molecular weight is 348 g/mol. The molecule has 22 heavy (non-hydrogen) atoms. The molecule has 1 saturated heterocycles. The number of likely N-dealkylation sites (tertiary alicyclic amines) is 1. The summed E-state index contributed by atoms with van der Waals surface area (Å²) in [5.41, 5.74) is 6.78. The van der Waals surface area contributed by atoms with Gasteiger partial charge in [0.1, 0.15) is 0 Å². The molecule has 2 N–H and O–H groups in total. The van der Waals surface area contributed by atoms with Gasteiger partial charge in [-0.2, -0.15) is 0 Å². The number of nitrogens with zero attached hydrogens (tertiary/aromatic N) is 2. The maximum atomic E-state index is 12.2.